The van der Waals surface area contributed by atoms with Gasteiger partial charge >= 0.3 is 6.18 Å². The minimum atomic E-state index is -4.57. The fraction of sp³-hybridized carbons (Fsp3) is 0.176. The maximum atomic E-state index is 12.7. The van der Waals surface area contributed by atoms with Gasteiger partial charge in [0.25, 0.3) is 5.91 Å². The van der Waals surface area contributed by atoms with E-state index in [0.29, 0.717) is 22.6 Å². The topological polar surface area (TPSA) is 91.8 Å². The molecule has 1 aromatic carbocycles. The highest BCUT2D eigenvalue weighted by Crippen LogP contribution is 2.30. The van der Waals surface area contributed by atoms with Crippen LogP contribution in [0.25, 0.3) is 0 Å². The lowest BCUT2D eigenvalue weighted by Crippen LogP contribution is -2.14. The molecule has 0 bridgehead atoms. The van der Waals surface area contributed by atoms with Crippen molar-refractivity contribution in [3.63, 3.8) is 0 Å². The first kappa shape index (κ1) is 21.0. The summed E-state index contributed by atoms with van der Waals surface area (Å²) < 4.78 is 44.9. The number of aryl methyl sites for hydroxylation is 1. The van der Waals surface area contributed by atoms with Gasteiger partial charge in [-0.05, 0) is 61.7 Å². The van der Waals surface area contributed by atoms with Crippen LogP contribution in [0.1, 0.15) is 21.7 Å². The fourth-order valence-electron chi connectivity index (χ4n) is 2.30. The van der Waals surface area contributed by atoms with Gasteiger partial charge in [-0.1, -0.05) is 0 Å². The summed E-state index contributed by atoms with van der Waals surface area (Å²) in [5.41, 5.74) is 0.269. The molecule has 0 saturated heterocycles. The number of amides is 1. The van der Waals surface area contributed by atoms with Crippen molar-refractivity contribution < 1.29 is 18.0 Å². The Bertz CT molecular complexity index is 990. The number of hydrogen-bond acceptors (Lipinski definition) is 8. The van der Waals surface area contributed by atoms with E-state index in [1.807, 2.05) is 19.2 Å². The van der Waals surface area contributed by atoms with Crippen LogP contribution in [0.15, 0.2) is 41.6 Å². The van der Waals surface area contributed by atoms with Crippen LogP contribution in [0.3, 0.4) is 0 Å². The van der Waals surface area contributed by atoms with Crippen molar-refractivity contribution in [3.05, 3.63) is 53.6 Å². The number of nitrogens with one attached hydrogen (secondary N) is 3. The molecule has 0 aliphatic carbocycles. The molecule has 12 heteroatoms. The van der Waals surface area contributed by atoms with Gasteiger partial charge in [-0.25, -0.2) is 9.97 Å². The van der Waals surface area contributed by atoms with E-state index in [9.17, 15) is 18.0 Å². The summed E-state index contributed by atoms with van der Waals surface area (Å²) in [5.74, 6) is -0.322. The molecule has 3 N–H and O–H groups in total. The number of nitrogens with zero attached hydrogens (tertiary/aromatic N) is 3. The van der Waals surface area contributed by atoms with Crippen LogP contribution in [-0.4, -0.2) is 27.3 Å². The lowest BCUT2D eigenvalue weighted by atomic mass is 10.2. The molecule has 0 fully saturated rings. The van der Waals surface area contributed by atoms with E-state index in [-0.39, 0.29) is 11.4 Å². The van der Waals surface area contributed by atoms with Gasteiger partial charge < -0.3 is 10.6 Å². The SMILES string of the molecule is CNSc1ccc(NC(=O)c2c(C)nsc2Nc2cnc(C(F)(F)F)cn2)cc1. The van der Waals surface area contributed by atoms with Gasteiger partial charge in [0.15, 0.2) is 5.69 Å². The number of carbonyl (C=O) groups is 1. The maximum absolute atomic E-state index is 12.7. The summed E-state index contributed by atoms with van der Waals surface area (Å²) in [6, 6.07) is 7.24. The van der Waals surface area contributed by atoms with Gasteiger partial charge in [-0.2, -0.15) is 17.5 Å². The summed E-state index contributed by atoms with van der Waals surface area (Å²) in [6.07, 6.45) is -2.99. The quantitative estimate of drug-likeness (QED) is 0.487. The van der Waals surface area contributed by atoms with Crippen LogP contribution in [0, 0.1) is 6.92 Å². The maximum Gasteiger partial charge on any atom is 0.434 e. The first-order valence-electron chi connectivity index (χ1n) is 8.15. The summed E-state index contributed by atoms with van der Waals surface area (Å²) >= 11 is 2.45. The van der Waals surface area contributed by atoms with Crippen LogP contribution in [-0.2, 0) is 6.18 Å². The zero-order chi connectivity index (χ0) is 21.0. The van der Waals surface area contributed by atoms with Crippen LogP contribution < -0.4 is 15.4 Å². The van der Waals surface area contributed by atoms with Crippen LogP contribution >= 0.6 is 23.5 Å². The van der Waals surface area contributed by atoms with Crippen molar-refractivity contribution in [1.82, 2.24) is 19.1 Å². The van der Waals surface area contributed by atoms with Gasteiger partial charge in [0, 0.05) is 10.6 Å². The highest BCUT2D eigenvalue weighted by Gasteiger charge is 2.32. The fourth-order valence-corrected chi connectivity index (χ4v) is 3.60. The van der Waals surface area contributed by atoms with Crippen LogP contribution in [0.4, 0.5) is 29.7 Å². The Kier molecular flexibility index (Phi) is 6.35. The van der Waals surface area contributed by atoms with Crippen LogP contribution in [0.5, 0.6) is 0 Å². The number of carbonyl (C=O) groups excluding carboxylic acids is 1. The Labute approximate surface area is 172 Å². The molecule has 0 aliphatic rings. The Morgan fingerprint density at radius 3 is 2.45 bits per heavy atom. The number of aromatic nitrogens is 3. The zero-order valence-corrected chi connectivity index (χ0v) is 16.8. The normalized spacial score (nSPS) is 11.3. The first-order valence-corrected chi connectivity index (χ1v) is 9.74. The van der Waals surface area contributed by atoms with E-state index in [1.165, 1.54) is 11.9 Å². The number of anilines is 3. The third kappa shape index (κ3) is 5.22. The summed E-state index contributed by atoms with van der Waals surface area (Å²) in [7, 11) is 1.81. The summed E-state index contributed by atoms with van der Waals surface area (Å²) in [5, 5.41) is 5.95. The number of rotatable bonds is 6. The molecule has 0 saturated carbocycles. The number of benzene rings is 1. The molecule has 3 aromatic rings. The molecule has 0 spiro atoms. The van der Waals surface area contributed by atoms with Crippen LogP contribution in [0.2, 0.25) is 0 Å². The predicted octanol–water partition coefficient (Wildman–Crippen LogP) is 4.48. The van der Waals surface area contributed by atoms with E-state index in [2.05, 4.69) is 29.7 Å². The zero-order valence-electron chi connectivity index (χ0n) is 15.2. The van der Waals surface area contributed by atoms with Gasteiger partial charge in [0.1, 0.15) is 10.8 Å². The number of hydrogen-bond donors (Lipinski definition) is 3. The third-order valence-corrected chi connectivity index (χ3v) is 5.17. The monoisotopic (exact) mass is 440 g/mol. The van der Waals surface area contributed by atoms with Crippen molar-refractivity contribution in [2.24, 2.45) is 0 Å². The van der Waals surface area contributed by atoms with E-state index >= 15 is 0 Å². The lowest BCUT2D eigenvalue weighted by Gasteiger charge is -2.09. The van der Waals surface area contributed by atoms with Crippen molar-refractivity contribution in [2.45, 2.75) is 18.0 Å². The van der Waals surface area contributed by atoms with Gasteiger partial charge in [0.05, 0.1) is 23.7 Å². The second kappa shape index (κ2) is 8.76. The Balaban J connectivity index is 1.75. The van der Waals surface area contributed by atoms with Gasteiger partial charge in [-0.15, -0.1) is 0 Å². The first-order chi connectivity index (χ1) is 13.8. The molecule has 3 rings (SSSR count). The lowest BCUT2D eigenvalue weighted by molar-refractivity contribution is -0.141. The molecular formula is C17H15F3N6OS2. The molecule has 1 amide bonds. The van der Waals surface area contributed by atoms with E-state index in [4.69, 9.17) is 0 Å². The molecule has 152 valence electrons. The second-order valence-electron chi connectivity index (χ2n) is 5.67. The largest absolute Gasteiger partial charge is 0.434 e. The molecule has 0 atom stereocenters. The summed E-state index contributed by atoms with van der Waals surface area (Å²) in [6.45, 7) is 1.67. The molecule has 0 radical (unpaired) electrons. The Morgan fingerprint density at radius 2 is 1.86 bits per heavy atom. The highest BCUT2D eigenvalue weighted by molar-refractivity contribution is 7.97. The minimum Gasteiger partial charge on any atom is -0.329 e. The van der Waals surface area contributed by atoms with Crippen molar-refractivity contribution in [2.75, 3.05) is 17.7 Å². The average molecular weight is 440 g/mol. The third-order valence-electron chi connectivity index (χ3n) is 3.61. The highest BCUT2D eigenvalue weighted by atomic mass is 32.2. The summed E-state index contributed by atoms with van der Waals surface area (Å²) in [4.78, 5) is 20.8. The smallest absolute Gasteiger partial charge is 0.329 e. The van der Waals surface area contributed by atoms with Crippen molar-refractivity contribution in [3.8, 4) is 0 Å². The standard InChI is InChI=1S/C17H15F3N6OS2/c1-9-14(15(27)24-10-3-5-11(6-4-10)28-21-2)16(29-26-9)25-13-8-22-12(7-23-13)17(18,19)20/h3-8,21H,1-2H3,(H,23,25)(H,24,27). The van der Waals surface area contributed by atoms with E-state index in [0.717, 1.165) is 22.6 Å². The Morgan fingerprint density at radius 1 is 1.14 bits per heavy atom. The molecule has 2 aromatic heterocycles. The molecule has 7 nitrogen and oxygen atoms in total. The molecule has 0 aliphatic heterocycles. The predicted molar refractivity (Wildman–Crippen MR) is 106 cm³/mol. The molecule has 0 unspecified atom stereocenters. The van der Waals surface area contributed by atoms with E-state index in [1.54, 1.807) is 19.1 Å². The Hall–Kier alpha value is -2.70. The molecule has 2 heterocycles. The average Bonchev–Trinajstić information content (AvgIpc) is 3.03. The van der Waals surface area contributed by atoms with Crippen molar-refractivity contribution in [1.29, 1.82) is 0 Å². The second-order valence-corrected chi connectivity index (χ2v) is 7.52. The van der Waals surface area contributed by atoms with Gasteiger partial charge in [-0.3, -0.25) is 9.52 Å². The molecular weight excluding hydrogens is 425 g/mol. The van der Waals surface area contributed by atoms with E-state index < -0.39 is 17.8 Å². The number of alkyl halides is 3. The van der Waals surface area contributed by atoms with Crippen molar-refractivity contribution >= 4 is 45.9 Å². The minimum absolute atomic E-state index is 0.0733. The molecule has 29 heavy (non-hydrogen) atoms. The number of halogens is 3. The van der Waals surface area contributed by atoms with Gasteiger partial charge in [0.2, 0.25) is 0 Å².